The monoisotopic (exact) mass is 335 g/mol. The van der Waals surface area contributed by atoms with E-state index in [1.807, 2.05) is 6.92 Å². The molecule has 22 heavy (non-hydrogen) atoms. The summed E-state index contributed by atoms with van der Waals surface area (Å²) in [4.78, 5) is 12.0. The van der Waals surface area contributed by atoms with Crippen LogP contribution in [-0.2, 0) is 0 Å². The van der Waals surface area contributed by atoms with Crippen LogP contribution in [0, 0.1) is 0 Å². The van der Waals surface area contributed by atoms with Gasteiger partial charge in [-0.15, -0.1) is 0 Å². The van der Waals surface area contributed by atoms with E-state index in [1.165, 1.54) is 0 Å². The Hall–Kier alpha value is -2.04. The van der Waals surface area contributed by atoms with Crippen LogP contribution in [0.4, 0.5) is 5.69 Å². The van der Waals surface area contributed by atoms with Gasteiger partial charge in [0, 0.05) is 21.8 Å². The first kappa shape index (κ1) is 16.3. The summed E-state index contributed by atoms with van der Waals surface area (Å²) < 4.78 is 0. The molecule has 0 radical (unpaired) electrons. The molecule has 0 atom stereocenters. The number of benzene rings is 2. The van der Waals surface area contributed by atoms with E-state index >= 15 is 0 Å². The lowest BCUT2D eigenvalue weighted by atomic mass is 10.1. The lowest BCUT2D eigenvalue weighted by Gasteiger charge is -2.08. The molecule has 2 aromatic rings. The molecule has 2 rings (SSSR count). The highest BCUT2D eigenvalue weighted by Crippen LogP contribution is 2.22. The number of nitrogens with one attached hydrogen (secondary N) is 1. The van der Waals surface area contributed by atoms with Gasteiger partial charge >= 0.3 is 0 Å². The van der Waals surface area contributed by atoms with E-state index in [0.29, 0.717) is 33.4 Å². The zero-order valence-corrected chi connectivity index (χ0v) is 13.4. The van der Waals surface area contributed by atoms with E-state index in [1.54, 1.807) is 42.5 Å². The number of halogens is 2. The Kier molecular flexibility index (Phi) is 5.41. The van der Waals surface area contributed by atoms with Gasteiger partial charge in [0.05, 0.1) is 10.7 Å². The zero-order chi connectivity index (χ0) is 16.1. The van der Waals surface area contributed by atoms with Crippen molar-refractivity contribution in [1.82, 2.24) is 5.43 Å². The van der Waals surface area contributed by atoms with Gasteiger partial charge in [0.15, 0.2) is 0 Å². The van der Waals surface area contributed by atoms with Crippen LogP contribution >= 0.6 is 23.2 Å². The Morgan fingerprint density at radius 1 is 1.18 bits per heavy atom. The quantitative estimate of drug-likeness (QED) is 0.501. The van der Waals surface area contributed by atoms with Crippen LogP contribution in [-0.4, -0.2) is 11.6 Å². The van der Waals surface area contributed by atoms with Gasteiger partial charge in [-0.1, -0.05) is 36.2 Å². The minimum absolute atomic E-state index is 0.309. The Labute approximate surface area is 138 Å². The topological polar surface area (TPSA) is 67.5 Å². The molecule has 4 nitrogen and oxygen atoms in total. The molecule has 0 heterocycles. The molecule has 1 amide bonds. The molecule has 3 N–H and O–H groups in total. The molecule has 0 saturated heterocycles. The highest BCUT2D eigenvalue weighted by molar-refractivity contribution is 6.37. The lowest BCUT2D eigenvalue weighted by molar-refractivity contribution is 0.0955. The van der Waals surface area contributed by atoms with Crippen LogP contribution < -0.4 is 11.2 Å². The summed E-state index contributed by atoms with van der Waals surface area (Å²) >= 11 is 12.0. The number of nitrogens with two attached hydrogens (primary N) is 1. The van der Waals surface area contributed by atoms with E-state index in [9.17, 15) is 4.79 Å². The number of amides is 1. The molecule has 2 aromatic carbocycles. The van der Waals surface area contributed by atoms with Gasteiger partial charge in [-0.3, -0.25) is 4.79 Å². The van der Waals surface area contributed by atoms with Gasteiger partial charge in [-0.2, -0.15) is 5.10 Å². The second-order valence-electron chi connectivity index (χ2n) is 4.60. The van der Waals surface area contributed by atoms with Crippen LogP contribution in [0.3, 0.4) is 0 Å². The van der Waals surface area contributed by atoms with Crippen molar-refractivity contribution in [3.8, 4) is 0 Å². The smallest absolute Gasteiger partial charge is 0.271 e. The third-order valence-corrected chi connectivity index (χ3v) is 3.59. The molecular formula is C16H15Cl2N3O. The number of hydrogen-bond acceptors (Lipinski definition) is 3. The fourth-order valence-corrected chi connectivity index (χ4v) is 2.39. The van der Waals surface area contributed by atoms with Crippen molar-refractivity contribution >= 4 is 40.5 Å². The van der Waals surface area contributed by atoms with Gasteiger partial charge in [-0.05, 0) is 42.8 Å². The number of hydrogen-bond donors (Lipinski definition) is 2. The fourth-order valence-electron chi connectivity index (χ4n) is 1.87. The molecule has 0 aliphatic heterocycles. The number of carbonyl (C=O) groups excluding carboxylic acids is 1. The van der Waals surface area contributed by atoms with E-state index in [-0.39, 0.29) is 5.91 Å². The van der Waals surface area contributed by atoms with Crippen molar-refractivity contribution in [2.45, 2.75) is 13.3 Å². The van der Waals surface area contributed by atoms with Crippen molar-refractivity contribution in [3.05, 3.63) is 63.6 Å². The summed E-state index contributed by atoms with van der Waals surface area (Å²) in [5, 5.41) is 5.21. The van der Waals surface area contributed by atoms with Gasteiger partial charge in [0.2, 0.25) is 0 Å². The molecule has 0 aliphatic rings. The number of hydrazone groups is 1. The first-order valence-electron chi connectivity index (χ1n) is 6.69. The minimum atomic E-state index is -0.309. The fraction of sp³-hybridized carbons (Fsp3) is 0.125. The van der Waals surface area contributed by atoms with Crippen LogP contribution in [0.15, 0.2) is 47.6 Å². The first-order valence-corrected chi connectivity index (χ1v) is 7.44. The van der Waals surface area contributed by atoms with Crippen molar-refractivity contribution in [1.29, 1.82) is 0 Å². The second kappa shape index (κ2) is 7.29. The van der Waals surface area contributed by atoms with E-state index < -0.39 is 0 Å². The van der Waals surface area contributed by atoms with Crippen molar-refractivity contribution in [2.75, 3.05) is 5.73 Å². The van der Waals surface area contributed by atoms with E-state index in [0.717, 1.165) is 5.56 Å². The summed E-state index contributed by atoms with van der Waals surface area (Å²) in [7, 11) is 0. The summed E-state index contributed by atoms with van der Waals surface area (Å²) in [5.41, 5.74) is 10.6. The zero-order valence-electron chi connectivity index (χ0n) is 11.9. The molecule has 6 heteroatoms. The number of carbonyl (C=O) groups is 1. The van der Waals surface area contributed by atoms with E-state index in [4.69, 9.17) is 28.9 Å². The average molecular weight is 336 g/mol. The molecule has 0 aromatic heterocycles. The van der Waals surface area contributed by atoms with Crippen molar-refractivity contribution in [2.24, 2.45) is 5.10 Å². The highest BCUT2D eigenvalue weighted by Gasteiger charge is 2.09. The maximum absolute atomic E-state index is 12.0. The Morgan fingerprint density at radius 3 is 2.45 bits per heavy atom. The number of nitrogen functional groups attached to an aromatic ring is 1. The summed E-state index contributed by atoms with van der Waals surface area (Å²) in [6.45, 7) is 1.93. The van der Waals surface area contributed by atoms with Crippen LogP contribution in [0.5, 0.6) is 0 Å². The van der Waals surface area contributed by atoms with Crippen LogP contribution in [0.25, 0.3) is 0 Å². The standard InChI is InChI=1S/C16H15Cl2N3O/c1-2-15(13-8-5-11(17)9-14(13)18)20-21-16(22)10-3-6-12(19)7-4-10/h3-9H,2,19H2,1H3,(H,21,22)/b20-15-. The molecule has 0 fully saturated rings. The van der Waals surface area contributed by atoms with Gasteiger partial charge < -0.3 is 5.73 Å². The average Bonchev–Trinajstić information content (AvgIpc) is 2.50. The van der Waals surface area contributed by atoms with Crippen LogP contribution in [0.2, 0.25) is 10.0 Å². The Balaban J connectivity index is 2.18. The van der Waals surface area contributed by atoms with Gasteiger partial charge in [-0.25, -0.2) is 5.43 Å². The minimum Gasteiger partial charge on any atom is -0.399 e. The Bertz CT molecular complexity index is 712. The lowest BCUT2D eigenvalue weighted by Crippen LogP contribution is -2.20. The maximum Gasteiger partial charge on any atom is 0.271 e. The van der Waals surface area contributed by atoms with Crippen molar-refractivity contribution < 1.29 is 4.79 Å². The molecule has 114 valence electrons. The number of rotatable bonds is 4. The van der Waals surface area contributed by atoms with E-state index in [2.05, 4.69) is 10.5 Å². The predicted octanol–water partition coefficient (Wildman–Crippen LogP) is 4.12. The summed E-state index contributed by atoms with van der Waals surface area (Å²) in [6, 6.07) is 11.8. The molecule has 0 aliphatic carbocycles. The first-order chi connectivity index (χ1) is 10.5. The molecule has 0 spiro atoms. The highest BCUT2D eigenvalue weighted by atomic mass is 35.5. The van der Waals surface area contributed by atoms with Gasteiger partial charge in [0.1, 0.15) is 0 Å². The SMILES string of the molecule is CC/C(=N/NC(=O)c1ccc(N)cc1)c1ccc(Cl)cc1Cl. The normalized spacial score (nSPS) is 11.3. The molecular weight excluding hydrogens is 321 g/mol. The predicted molar refractivity (Wildman–Crippen MR) is 91.6 cm³/mol. The largest absolute Gasteiger partial charge is 0.399 e. The second-order valence-corrected chi connectivity index (χ2v) is 5.44. The third kappa shape index (κ3) is 4.00. The maximum atomic E-state index is 12.0. The van der Waals surface area contributed by atoms with Crippen LogP contribution in [0.1, 0.15) is 29.3 Å². The van der Waals surface area contributed by atoms with Crippen molar-refractivity contribution in [3.63, 3.8) is 0 Å². The molecule has 0 unspecified atom stereocenters. The Morgan fingerprint density at radius 2 is 1.86 bits per heavy atom. The number of nitrogens with zero attached hydrogens (tertiary/aromatic N) is 1. The molecule has 0 bridgehead atoms. The molecule has 0 saturated carbocycles. The third-order valence-electron chi connectivity index (χ3n) is 3.04. The summed E-state index contributed by atoms with van der Waals surface area (Å²) in [6.07, 6.45) is 0.614. The van der Waals surface area contributed by atoms with Gasteiger partial charge in [0.25, 0.3) is 5.91 Å². The summed E-state index contributed by atoms with van der Waals surface area (Å²) in [5.74, 6) is -0.309. The number of anilines is 1.